The van der Waals surface area contributed by atoms with Crippen molar-refractivity contribution in [3.05, 3.63) is 28.7 Å². The predicted octanol–water partition coefficient (Wildman–Crippen LogP) is 2.00. The van der Waals surface area contributed by atoms with Crippen LogP contribution in [0.1, 0.15) is 29.4 Å². The van der Waals surface area contributed by atoms with E-state index < -0.39 is 0 Å². The minimum Gasteiger partial charge on any atom is -0.335 e. The Morgan fingerprint density at radius 3 is 2.74 bits per heavy atom. The van der Waals surface area contributed by atoms with Crippen LogP contribution in [-0.4, -0.2) is 20.0 Å². The molecule has 0 amide bonds. The first-order chi connectivity index (χ1) is 9.06. The Morgan fingerprint density at radius 2 is 2.11 bits per heavy atom. The van der Waals surface area contributed by atoms with E-state index in [1.807, 2.05) is 34.0 Å². The molecule has 0 spiro atoms. The summed E-state index contributed by atoms with van der Waals surface area (Å²) in [4.78, 5) is 0. The Labute approximate surface area is 112 Å². The van der Waals surface area contributed by atoms with Crippen molar-refractivity contribution in [2.45, 2.75) is 27.2 Å². The molecule has 0 radical (unpaired) electrons. The molecule has 0 aliphatic rings. The van der Waals surface area contributed by atoms with Crippen molar-refractivity contribution in [3.63, 3.8) is 0 Å². The first-order valence-corrected chi connectivity index (χ1v) is 6.10. The third-order valence-electron chi connectivity index (χ3n) is 3.06. The first kappa shape index (κ1) is 13.0. The lowest BCUT2D eigenvalue weighted by molar-refractivity contribution is 0.746. The number of aromatic nitrogens is 4. The topological polar surface area (TPSA) is 79.4 Å². The third kappa shape index (κ3) is 2.40. The Morgan fingerprint density at radius 1 is 1.37 bits per heavy atom. The van der Waals surface area contributed by atoms with Gasteiger partial charge in [-0.2, -0.15) is 15.5 Å². The average Bonchev–Trinajstić information content (AvgIpc) is 2.74. The maximum atomic E-state index is 9.25. The van der Waals surface area contributed by atoms with Crippen molar-refractivity contribution < 1.29 is 0 Å². The summed E-state index contributed by atoms with van der Waals surface area (Å²) in [5, 5.41) is 24.9. The van der Waals surface area contributed by atoms with Crippen LogP contribution in [0.15, 0.2) is 6.20 Å². The van der Waals surface area contributed by atoms with Crippen molar-refractivity contribution in [2.75, 3.05) is 5.32 Å². The minimum atomic E-state index is 0.480. The van der Waals surface area contributed by atoms with Crippen LogP contribution in [0.3, 0.4) is 0 Å². The SMILES string of the molecule is CCc1nn(C)cc1Nc1nnc(C)c(C)c1C#N. The summed E-state index contributed by atoms with van der Waals surface area (Å²) < 4.78 is 1.74. The van der Waals surface area contributed by atoms with Gasteiger partial charge in [0, 0.05) is 13.2 Å². The highest BCUT2D eigenvalue weighted by atomic mass is 15.3. The van der Waals surface area contributed by atoms with Gasteiger partial charge in [0.25, 0.3) is 0 Å². The molecule has 0 aliphatic carbocycles. The van der Waals surface area contributed by atoms with E-state index in [4.69, 9.17) is 0 Å². The summed E-state index contributed by atoms with van der Waals surface area (Å²) in [6.45, 7) is 5.75. The molecule has 2 aromatic heterocycles. The Kier molecular flexibility index (Phi) is 3.47. The molecule has 1 N–H and O–H groups in total. The second-order valence-electron chi connectivity index (χ2n) is 4.39. The van der Waals surface area contributed by atoms with Crippen LogP contribution >= 0.6 is 0 Å². The molecule has 0 aliphatic heterocycles. The molecule has 2 aromatic rings. The molecule has 98 valence electrons. The van der Waals surface area contributed by atoms with E-state index >= 15 is 0 Å². The Hall–Kier alpha value is -2.42. The summed E-state index contributed by atoms with van der Waals surface area (Å²) in [5.74, 6) is 0.480. The summed E-state index contributed by atoms with van der Waals surface area (Å²) in [7, 11) is 1.86. The molecule has 0 aromatic carbocycles. The monoisotopic (exact) mass is 256 g/mol. The van der Waals surface area contributed by atoms with Crippen LogP contribution in [0, 0.1) is 25.2 Å². The minimum absolute atomic E-state index is 0.480. The number of aryl methyl sites for hydroxylation is 3. The second-order valence-corrected chi connectivity index (χ2v) is 4.39. The van der Waals surface area contributed by atoms with Crippen LogP contribution in [0.4, 0.5) is 11.5 Å². The summed E-state index contributed by atoms with van der Waals surface area (Å²) in [6.07, 6.45) is 2.68. The van der Waals surface area contributed by atoms with Gasteiger partial charge in [0.2, 0.25) is 0 Å². The molecular weight excluding hydrogens is 240 g/mol. The van der Waals surface area contributed by atoms with Crippen LogP contribution in [-0.2, 0) is 13.5 Å². The molecule has 0 saturated carbocycles. The van der Waals surface area contributed by atoms with Gasteiger partial charge in [0.1, 0.15) is 11.6 Å². The van der Waals surface area contributed by atoms with Gasteiger partial charge in [-0.3, -0.25) is 4.68 Å². The van der Waals surface area contributed by atoms with E-state index in [0.29, 0.717) is 11.4 Å². The first-order valence-electron chi connectivity index (χ1n) is 6.10. The van der Waals surface area contributed by atoms with Crippen LogP contribution in [0.25, 0.3) is 0 Å². The zero-order valence-electron chi connectivity index (χ0n) is 11.5. The van der Waals surface area contributed by atoms with Crippen LogP contribution in [0.5, 0.6) is 0 Å². The lowest BCUT2D eigenvalue weighted by atomic mass is 10.1. The molecular formula is C13H16N6. The van der Waals surface area contributed by atoms with E-state index in [9.17, 15) is 5.26 Å². The normalized spacial score (nSPS) is 10.3. The highest BCUT2D eigenvalue weighted by molar-refractivity contribution is 5.65. The average molecular weight is 256 g/mol. The summed E-state index contributed by atoms with van der Waals surface area (Å²) >= 11 is 0. The van der Waals surface area contributed by atoms with Crippen molar-refractivity contribution in [3.8, 4) is 6.07 Å². The molecule has 0 atom stereocenters. The molecule has 2 heterocycles. The van der Waals surface area contributed by atoms with E-state index in [2.05, 4.69) is 26.7 Å². The third-order valence-corrected chi connectivity index (χ3v) is 3.06. The fourth-order valence-corrected chi connectivity index (χ4v) is 1.86. The Balaban J connectivity index is 2.44. The quantitative estimate of drug-likeness (QED) is 0.908. The second kappa shape index (κ2) is 5.06. The van der Waals surface area contributed by atoms with E-state index in [0.717, 1.165) is 29.1 Å². The van der Waals surface area contributed by atoms with Gasteiger partial charge in [0.05, 0.1) is 17.1 Å². The number of nitrogens with zero attached hydrogens (tertiary/aromatic N) is 5. The van der Waals surface area contributed by atoms with Crippen LogP contribution in [0.2, 0.25) is 0 Å². The van der Waals surface area contributed by atoms with Gasteiger partial charge in [-0.05, 0) is 25.8 Å². The molecule has 0 fully saturated rings. The van der Waals surface area contributed by atoms with Crippen molar-refractivity contribution in [1.29, 1.82) is 5.26 Å². The molecule has 0 saturated heterocycles. The Bertz CT molecular complexity index is 650. The van der Waals surface area contributed by atoms with Gasteiger partial charge in [0.15, 0.2) is 5.82 Å². The maximum absolute atomic E-state index is 9.25. The molecule has 2 rings (SSSR count). The highest BCUT2D eigenvalue weighted by Gasteiger charge is 2.13. The van der Waals surface area contributed by atoms with Crippen molar-refractivity contribution in [2.24, 2.45) is 7.05 Å². The smallest absolute Gasteiger partial charge is 0.171 e. The standard InChI is InChI=1S/C13H16N6/c1-5-11-12(7-19(4)18-11)15-13-10(6-14)8(2)9(3)16-17-13/h7H,5H2,1-4H3,(H,15,17). The zero-order valence-corrected chi connectivity index (χ0v) is 11.5. The van der Waals surface area contributed by atoms with Gasteiger partial charge in [-0.25, -0.2) is 0 Å². The molecule has 19 heavy (non-hydrogen) atoms. The van der Waals surface area contributed by atoms with Gasteiger partial charge < -0.3 is 5.32 Å². The molecule has 0 bridgehead atoms. The van der Waals surface area contributed by atoms with Crippen molar-refractivity contribution in [1.82, 2.24) is 20.0 Å². The molecule has 6 nitrogen and oxygen atoms in total. The highest BCUT2D eigenvalue weighted by Crippen LogP contribution is 2.23. The number of nitrogens with one attached hydrogen (secondary N) is 1. The van der Waals surface area contributed by atoms with Crippen LogP contribution < -0.4 is 5.32 Å². The van der Waals surface area contributed by atoms with Crippen molar-refractivity contribution >= 4 is 11.5 Å². The number of nitriles is 1. The van der Waals surface area contributed by atoms with Gasteiger partial charge in [-0.15, -0.1) is 5.10 Å². The number of hydrogen-bond donors (Lipinski definition) is 1. The fraction of sp³-hybridized carbons (Fsp3) is 0.385. The van der Waals surface area contributed by atoms with E-state index in [-0.39, 0.29) is 0 Å². The van der Waals surface area contributed by atoms with Gasteiger partial charge >= 0.3 is 0 Å². The van der Waals surface area contributed by atoms with Gasteiger partial charge in [-0.1, -0.05) is 6.92 Å². The zero-order chi connectivity index (χ0) is 14.0. The van der Waals surface area contributed by atoms with E-state index in [1.54, 1.807) is 4.68 Å². The summed E-state index contributed by atoms with van der Waals surface area (Å²) in [5.41, 5.74) is 3.94. The largest absolute Gasteiger partial charge is 0.335 e. The maximum Gasteiger partial charge on any atom is 0.171 e. The molecule has 0 unspecified atom stereocenters. The molecule has 6 heteroatoms. The number of hydrogen-bond acceptors (Lipinski definition) is 5. The number of anilines is 2. The fourth-order valence-electron chi connectivity index (χ4n) is 1.86. The number of rotatable bonds is 3. The lowest BCUT2D eigenvalue weighted by Gasteiger charge is -2.08. The predicted molar refractivity (Wildman–Crippen MR) is 72.1 cm³/mol. The summed E-state index contributed by atoms with van der Waals surface area (Å²) in [6, 6.07) is 2.18. The lowest BCUT2D eigenvalue weighted by Crippen LogP contribution is -2.04. The van der Waals surface area contributed by atoms with E-state index in [1.165, 1.54) is 0 Å².